The second kappa shape index (κ2) is 4.15. The minimum atomic E-state index is -0.789. The Hall–Kier alpha value is -1.72. The predicted molar refractivity (Wildman–Crippen MR) is 68.2 cm³/mol. The van der Waals surface area contributed by atoms with Crippen molar-refractivity contribution in [2.75, 3.05) is 31.8 Å². The second-order valence-electron chi connectivity index (χ2n) is 5.23. The van der Waals surface area contributed by atoms with E-state index in [1.807, 2.05) is 0 Å². The van der Waals surface area contributed by atoms with Crippen LogP contribution in [0.1, 0.15) is 15.9 Å². The first-order valence-corrected chi connectivity index (χ1v) is 6.20. The third-order valence-corrected chi connectivity index (χ3v) is 3.96. The lowest BCUT2D eigenvalue weighted by Crippen LogP contribution is -2.51. The van der Waals surface area contributed by atoms with Gasteiger partial charge in [0, 0.05) is 18.3 Å². The number of aliphatic hydroxyl groups excluding tert-OH is 1. The minimum Gasteiger partial charge on any atom is -0.395 e. The molecule has 2 aliphatic heterocycles. The third kappa shape index (κ3) is 1.69. The van der Waals surface area contributed by atoms with Gasteiger partial charge in [0.05, 0.1) is 26.2 Å². The van der Waals surface area contributed by atoms with Crippen LogP contribution in [0.4, 0.5) is 5.69 Å². The largest absolute Gasteiger partial charge is 0.395 e. The maximum absolute atomic E-state index is 12.4. The number of fused-ring (bicyclic) bond motifs is 1. The van der Waals surface area contributed by atoms with Crippen molar-refractivity contribution in [1.82, 2.24) is 0 Å². The van der Waals surface area contributed by atoms with Gasteiger partial charge in [-0.3, -0.25) is 9.59 Å². The number of hydrogen-bond donors (Lipinski definition) is 1. The number of anilines is 1. The predicted octanol–water partition coefficient (Wildman–Crippen LogP) is 0.397. The number of ether oxygens (including phenoxy) is 1. The minimum absolute atomic E-state index is 0.0310. The van der Waals surface area contributed by atoms with Crippen LogP contribution in [0.3, 0.4) is 0 Å². The molecular weight excluding hydrogens is 246 g/mol. The molecule has 0 atom stereocenters. The summed E-state index contributed by atoms with van der Waals surface area (Å²) in [5.74, 6) is -0.0745. The zero-order chi connectivity index (χ0) is 13.6. The van der Waals surface area contributed by atoms with Gasteiger partial charge in [0.15, 0.2) is 5.78 Å². The number of carbonyl (C=O) groups is 2. The van der Waals surface area contributed by atoms with Gasteiger partial charge in [-0.1, -0.05) is 0 Å². The number of likely N-dealkylation sites (N-methyl/N-ethyl adjacent to an activating group) is 1. The van der Waals surface area contributed by atoms with Crippen LogP contribution < -0.4 is 4.90 Å². The first-order valence-electron chi connectivity index (χ1n) is 6.20. The maximum Gasteiger partial charge on any atom is 0.231 e. The molecular formula is C14H15NO4. The van der Waals surface area contributed by atoms with E-state index in [0.717, 1.165) is 11.3 Å². The Bertz CT molecular complexity index is 557. The zero-order valence-electron chi connectivity index (χ0n) is 10.7. The monoisotopic (exact) mass is 261 g/mol. The second-order valence-corrected chi connectivity index (χ2v) is 5.23. The number of Topliss-reactive ketones (excluding diaryl/α,β-unsaturated/α-hetero) is 1. The van der Waals surface area contributed by atoms with Crippen molar-refractivity contribution in [3.8, 4) is 0 Å². The molecule has 1 fully saturated rings. The lowest BCUT2D eigenvalue weighted by molar-refractivity contribution is -0.117. The highest BCUT2D eigenvalue weighted by Gasteiger charge is 2.45. The van der Waals surface area contributed by atoms with E-state index in [-0.39, 0.29) is 31.5 Å². The number of aliphatic hydroxyl groups is 1. The van der Waals surface area contributed by atoms with Crippen LogP contribution in [0.5, 0.6) is 0 Å². The summed E-state index contributed by atoms with van der Waals surface area (Å²) in [6, 6.07) is 5.26. The molecule has 19 heavy (non-hydrogen) atoms. The molecule has 2 aliphatic rings. The Morgan fingerprint density at radius 2 is 2.21 bits per heavy atom. The molecule has 0 aliphatic carbocycles. The first kappa shape index (κ1) is 12.3. The number of benzene rings is 1. The lowest BCUT2D eigenvalue weighted by Gasteiger charge is -2.38. The zero-order valence-corrected chi connectivity index (χ0v) is 10.7. The van der Waals surface area contributed by atoms with Gasteiger partial charge in [-0.2, -0.15) is 0 Å². The van der Waals surface area contributed by atoms with Crippen molar-refractivity contribution >= 4 is 17.4 Å². The summed E-state index contributed by atoms with van der Waals surface area (Å²) < 4.78 is 5.06. The summed E-state index contributed by atoms with van der Waals surface area (Å²) in [7, 11) is 1.73. The molecule has 3 rings (SSSR count). The van der Waals surface area contributed by atoms with E-state index in [4.69, 9.17) is 4.74 Å². The number of amides is 1. The summed E-state index contributed by atoms with van der Waals surface area (Å²) in [6.45, 7) is 0.318. The fourth-order valence-corrected chi connectivity index (χ4v) is 2.56. The first-order chi connectivity index (χ1) is 9.07. The summed E-state index contributed by atoms with van der Waals surface area (Å²) in [5, 5.41) is 9.38. The number of hydrogen-bond acceptors (Lipinski definition) is 4. The number of nitrogens with zero attached hydrogens (tertiary/aromatic N) is 1. The molecule has 5 nitrogen and oxygen atoms in total. The van der Waals surface area contributed by atoms with Crippen LogP contribution in [0.2, 0.25) is 0 Å². The molecule has 0 bridgehead atoms. The summed E-state index contributed by atoms with van der Waals surface area (Å²) in [5.41, 5.74) is 1.47. The molecule has 1 saturated heterocycles. The Kier molecular flexibility index (Phi) is 2.69. The Morgan fingerprint density at radius 1 is 1.47 bits per heavy atom. The van der Waals surface area contributed by atoms with Crippen LogP contribution in [-0.4, -0.2) is 43.7 Å². The molecule has 0 radical (unpaired) electrons. The van der Waals surface area contributed by atoms with E-state index in [9.17, 15) is 14.7 Å². The van der Waals surface area contributed by atoms with E-state index in [1.165, 1.54) is 0 Å². The smallest absolute Gasteiger partial charge is 0.231 e. The normalized spacial score (nSPS) is 20.1. The molecule has 1 amide bonds. The highest BCUT2D eigenvalue weighted by molar-refractivity contribution is 6.05. The van der Waals surface area contributed by atoms with E-state index in [1.54, 1.807) is 30.1 Å². The van der Waals surface area contributed by atoms with Crippen molar-refractivity contribution in [1.29, 1.82) is 0 Å². The summed E-state index contributed by atoms with van der Waals surface area (Å²) in [4.78, 5) is 25.6. The third-order valence-electron chi connectivity index (χ3n) is 3.96. The molecule has 2 heterocycles. The van der Waals surface area contributed by atoms with E-state index in [0.29, 0.717) is 12.0 Å². The number of carbonyl (C=O) groups excluding carboxylic acids is 2. The van der Waals surface area contributed by atoms with E-state index < -0.39 is 5.41 Å². The van der Waals surface area contributed by atoms with Gasteiger partial charge in [-0.05, 0) is 23.8 Å². The summed E-state index contributed by atoms with van der Waals surface area (Å²) in [6.07, 6.45) is 0.329. The van der Waals surface area contributed by atoms with Crippen molar-refractivity contribution in [3.05, 3.63) is 29.3 Å². The van der Waals surface area contributed by atoms with Gasteiger partial charge in [-0.15, -0.1) is 0 Å². The Balaban J connectivity index is 1.94. The van der Waals surface area contributed by atoms with Crippen molar-refractivity contribution in [2.24, 2.45) is 5.41 Å². The molecule has 0 unspecified atom stereocenters. The molecule has 1 aromatic carbocycles. The molecule has 0 aromatic heterocycles. The topological polar surface area (TPSA) is 66.8 Å². The SMILES string of the molecule is CN1C(=O)Cc2cc(C(=O)C3(CO)COC3)ccc21. The Labute approximate surface area is 110 Å². The quantitative estimate of drug-likeness (QED) is 0.800. The maximum atomic E-state index is 12.4. The molecule has 5 heteroatoms. The van der Waals surface area contributed by atoms with Crippen LogP contribution in [0.15, 0.2) is 18.2 Å². The van der Waals surface area contributed by atoms with Crippen LogP contribution in [0.25, 0.3) is 0 Å². The molecule has 1 aromatic rings. The van der Waals surface area contributed by atoms with Gasteiger partial charge in [-0.25, -0.2) is 0 Å². The average molecular weight is 261 g/mol. The highest BCUT2D eigenvalue weighted by atomic mass is 16.5. The van der Waals surface area contributed by atoms with E-state index >= 15 is 0 Å². The molecule has 0 spiro atoms. The standard InChI is InChI=1S/C14H15NO4/c1-15-11-3-2-9(4-10(11)5-12(15)17)13(18)14(6-16)7-19-8-14/h2-4,16H,5-8H2,1H3. The van der Waals surface area contributed by atoms with Gasteiger partial charge >= 0.3 is 0 Å². The van der Waals surface area contributed by atoms with Crippen LogP contribution >= 0.6 is 0 Å². The highest BCUT2D eigenvalue weighted by Crippen LogP contribution is 2.34. The molecule has 1 N–H and O–H groups in total. The fraction of sp³-hybridized carbons (Fsp3) is 0.429. The van der Waals surface area contributed by atoms with Crippen molar-refractivity contribution in [2.45, 2.75) is 6.42 Å². The Morgan fingerprint density at radius 3 is 2.79 bits per heavy atom. The number of rotatable bonds is 3. The summed E-state index contributed by atoms with van der Waals surface area (Å²) >= 11 is 0. The number of ketones is 1. The molecule has 100 valence electrons. The van der Waals surface area contributed by atoms with Gasteiger partial charge < -0.3 is 14.7 Å². The average Bonchev–Trinajstić information content (AvgIpc) is 2.64. The van der Waals surface area contributed by atoms with Crippen LogP contribution in [-0.2, 0) is 16.0 Å². The fourth-order valence-electron chi connectivity index (χ4n) is 2.56. The van der Waals surface area contributed by atoms with Crippen LogP contribution in [0, 0.1) is 5.41 Å². The van der Waals surface area contributed by atoms with Gasteiger partial charge in [0.2, 0.25) is 5.91 Å². The van der Waals surface area contributed by atoms with Crippen molar-refractivity contribution < 1.29 is 19.4 Å². The van der Waals surface area contributed by atoms with Gasteiger partial charge in [0.1, 0.15) is 5.41 Å². The van der Waals surface area contributed by atoms with Crippen molar-refractivity contribution in [3.63, 3.8) is 0 Å². The van der Waals surface area contributed by atoms with Gasteiger partial charge in [0.25, 0.3) is 0 Å². The van der Waals surface area contributed by atoms with E-state index in [2.05, 4.69) is 0 Å². The lowest BCUT2D eigenvalue weighted by atomic mass is 9.79. The molecule has 0 saturated carbocycles.